The molecular weight excluding hydrogens is 394 g/mol. The zero-order chi connectivity index (χ0) is 21.3. The van der Waals surface area contributed by atoms with Gasteiger partial charge in [-0.1, -0.05) is 68.5 Å². The van der Waals surface area contributed by atoms with Crippen LogP contribution in [0.4, 0.5) is 5.69 Å². The first kappa shape index (κ1) is 19.3. The largest absolute Gasteiger partial charge is 0.331 e. The summed E-state index contributed by atoms with van der Waals surface area (Å²) in [5.74, 6) is -0.325. The molecule has 1 atom stereocenters. The van der Waals surface area contributed by atoms with Crippen molar-refractivity contribution >= 4 is 27.0 Å². The second-order valence-corrected chi connectivity index (χ2v) is 11.9. The number of rotatable bonds is 2. The molecule has 3 aliphatic rings. The number of hydrogen-bond acceptors (Lipinski definition) is 4. The lowest BCUT2D eigenvalue weighted by Gasteiger charge is -2.38. The van der Waals surface area contributed by atoms with Crippen LogP contribution in [0.15, 0.2) is 65.6 Å². The average Bonchev–Trinajstić information content (AvgIpc) is 3.05. The molecule has 30 heavy (non-hydrogen) atoms. The van der Waals surface area contributed by atoms with Crippen LogP contribution in [0.25, 0.3) is 16.8 Å². The van der Waals surface area contributed by atoms with Gasteiger partial charge in [-0.15, -0.1) is 0 Å². The summed E-state index contributed by atoms with van der Waals surface area (Å²) in [6.07, 6.45) is 5.06. The highest BCUT2D eigenvalue weighted by Crippen LogP contribution is 2.51. The number of Topliss-reactive ketones (excluding diaryl/α,β-unsaturated/α-hetero) is 1. The molecule has 1 aliphatic carbocycles. The van der Waals surface area contributed by atoms with Crippen LogP contribution in [0.2, 0.25) is 0 Å². The Morgan fingerprint density at radius 2 is 1.53 bits per heavy atom. The zero-order valence-electron chi connectivity index (χ0n) is 17.5. The molecule has 0 bridgehead atoms. The minimum atomic E-state index is -3.90. The molecule has 0 saturated carbocycles. The first-order valence-corrected chi connectivity index (χ1v) is 11.8. The number of sulfone groups is 1. The van der Waals surface area contributed by atoms with E-state index >= 15 is 0 Å². The number of allylic oxidation sites excluding steroid dienone is 1. The van der Waals surface area contributed by atoms with Gasteiger partial charge in [0.05, 0.1) is 17.0 Å². The van der Waals surface area contributed by atoms with Crippen molar-refractivity contribution in [3.8, 4) is 11.1 Å². The Hall–Kier alpha value is -2.66. The second-order valence-electron chi connectivity index (χ2n) is 9.51. The molecule has 0 fully saturated rings. The van der Waals surface area contributed by atoms with E-state index in [-0.39, 0.29) is 22.6 Å². The first-order chi connectivity index (χ1) is 14.1. The highest BCUT2D eigenvalue weighted by Gasteiger charge is 2.51. The smallest absolute Gasteiger partial charge is 0.196 e. The van der Waals surface area contributed by atoms with Gasteiger partial charge in [-0.05, 0) is 36.8 Å². The predicted molar refractivity (Wildman–Crippen MR) is 121 cm³/mol. The fraction of sp³-hybridized carbons (Fsp3) is 0.320. The van der Waals surface area contributed by atoms with E-state index in [1.165, 1.54) is 0 Å². The number of nitrogens with zero attached hydrogens (tertiary/aromatic N) is 1. The molecular formula is C25H25NO3S. The van der Waals surface area contributed by atoms with Crippen molar-refractivity contribution in [3.63, 3.8) is 0 Å². The van der Waals surface area contributed by atoms with Crippen LogP contribution < -0.4 is 4.90 Å². The summed E-state index contributed by atoms with van der Waals surface area (Å²) >= 11 is 0. The summed E-state index contributed by atoms with van der Waals surface area (Å²) in [6, 6.07) is 15.6. The Balaban J connectivity index is 1.79. The lowest BCUT2D eigenvalue weighted by Crippen LogP contribution is -2.42. The molecule has 0 amide bonds. The van der Waals surface area contributed by atoms with Crippen molar-refractivity contribution in [1.82, 2.24) is 0 Å². The van der Waals surface area contributed by atoms with Gasteiger partial charge in [0.25, 0.3) is 0 Å². The monoisotopic (exact) mass is 419 g/mol. The maximum absolute atomic E-state index is 14.0. The first-order valence-electron chi connectivity index (χ1n) is 10.3. The molecule has 2 aliphatic heterocycles. The van der Waals surface area contributed by atoms with Crippen LogP contribution in [0.3, 0.4) is 0 Å². The van der Waals surface area contributed by atoms with E-state index in [1.54, 1.807) is 13.0 Å². The number of carbonyl (C=O) groups is 1. The Morgan fingerprint density at radius 1 is 0.900 bits per heavy atom. The Labute approximate surface area is 177 Å². The van der Waals surface area contributed by atoms with Crippen LogP contribution in [0.5, 0.6) is 0 Å². The molecule has 1 unspecified atom stereocenters. The third-order valence-electron chi connectivity index (χ3n) is 6.56. The number of anilines is 1. The number of carbonyl (C=O) groups excluding carboxylic acids is 1. The minimum Gasteiger partial charge on any atom is -0.331 e. The quantitative estimate of drug-likeness (QED) is 0.645. The van der Waals surface area contributed by atoms with Gasteiger partial charge in [0, 0.05) is 16.8 Å². The highest BCUT2D eigenvalue weighted by atomic mass is 32.2. The fourth-order valence-corrected chi connectivity index (χ4v) is 7.45. The van der Waals surface area contributed by atoms with Crippen LogP contribution in [0, 0.1) is 5.41 Å². The topological polar surface area (TPSA) is 54.5 Å². The molecule has 5 rings (SSSR count). The van der Waals surface area contributed by atoms with Crippen LogP contribution in [0.1, 0.15) is 39.2 Å². The molecule has 0 N–H and O–H groups in total. The van der Waals surface area contributed by atoms with Gasteiger partial charge in [-0.2, -0.15) is 0 Å². The molecule has 154 valence electrons. The molecule has 2 aromatic carbocycles. The van der Waals surface area contributed by atoms with Gasteiger partial charge in [0.15, 0.2) is 15.6 Å². The Bertz CT molecular complexity index is 1250. The summed E-state index contributed by atoms with van der Waals surface area (Å²) in [4.78, 5) is 15.1. The Morgan fingerprint density at radius 3 is 2.23 bits per heavy atom. The number of para-hydroxylation sites is 1. The summed E-state index contributed by atoms with van der Waals surface area (Å²) in [5, 5.41) is 0. The average molecular weight is 420 g/mol. The molecule has 0 radical (unpaired) electrons. The molecule has 0 saturated heterocycles. The summed E-state index contributed by atoms with van der Waals surface area (Å²) < 4.78 is 27.0. The Kier molecular flexibility index (Phi) is 3.97. The predicted octanol–water partition coefficient (Wildman–Crippen LogP) is 4.97. The molecule has 2 aromatic rings. The van der Waals surface area contributed by atoms with Crippen molar-refractivity contribution < 1.29 is 13.2 Å². The van der Waals surface area contributed by atoms with Crippen molar-refractivity contribution in [2.45, 2.75) is 38.4 Å². The number of benzene rings is 2. The number of ketones is 1. The lowest BCUT2D eigenvalue weighted by atomic mass is 9.76. The summed E-state index contributed by atoms with van der Waals surface area (Å²) in [7, 11) is -3.90. The fourth-order valence-electron chi connectivity index (χ4n) is 5.29. The third-order valence-corrected chi connectivity index (χ3v) is 9.03. The van der Waals surface area contributed by atoms with Gasteiger partial charge in [0.2, 0.25) is 0 Å². The minimum absolute atomic E-state index is 0.0331. The normalized spacial score (nSPS) is 24.5. The number of fused-ring (bicyclic) bond motifs is 6. The van der Waals surface area contributed by atoms with E-state index in [4.69, 9.17) is 0 Å². The molecule has 2 heterocycles. The van der Waals surface area contributed by atoms with E-state index in [0.717, 1.165) is 28.8 Å². The van der Waals surface area contributed by atoms with E-state index in [0.29, 0.717) is 12.1 Å². The molecule has 0 spiro atoms. The van der Waals surface area contributed by atoms with Gasteiger partial charge in [-0.3, -0.25) is 4.79 Å². The molecule has 4 nitrogen and oxygen atoms in total. The standard InChI is InChI=1S/C25H25NO3S/c1-24(2)13-8-14-25(3,16-24)30(28,29)23-21(27)15-26-20-12-7-6-10-18(20)17-9-4-5-11-19(17)22(23)26/h4-12,14H,13,15-16H2,1-3H3. The van der Waals surface area contributed by atoms with E-state index in [1.807, 2.05) is 59.5 Å². The van der Waals surface area contributed by atoms with E-state index < -0.39 is 14.6 Å². The zero-order valence-corrected chi connectivity index (χ0v) is 18.3. The lowest BCUT2D eigenvalue weighted by molar-refractivity contribution is -0.113. The highest BCUT2D eigenvalue weighted by molar-refractivity contribution is 7.98. The van der Waals surface area contributed by atoms with Gasteiger partial charge < -0.3 is 4.90 Å². The molecule has 0 aromatic heterocycles. The maximum atomic E-state index is 14.0. The second kappa shape index (κ2) is 6.17. The van der Waals surface area contributed by atoms with Crippen molar-refractivity contribution in [1.29, 1.82) is 0 Å². The van der Waals surface area contributed by atoms with Crippen LogP contribution in [-0.4, -0.2) is 25.5 Å². The van der Waals surface area contributed by atoms with E-state index in [2.05, 4.69) is 13.8 Å². The van der Waals surface area contributed by atoms with Gasteiger partial charge in [-0.25, -0.2) is 8.42 Å². The van der Waals surface area contributed by atoms with Gasteiger partial charge in [0.1, 0.15) is 4.91 Å². The maximum Gasteiger partial charge on any atom is 0.196 e. The SMILES string of the molecule is CC1(C)CC=CC(C)(S(=O)(=O)C2=C3c4ccccc4-c4ccccc4N3CC2=O)C1. The molecule has 5 heteroatoms. The summed E-state index contributed by atoms with van der Waals surface area (Å²) in [5.41, 5.74) is 4.07. The third kappa shape index (κ3) is 2.58. The van der Waals surface area contributed by atoms with Crippen molar-refractivity contribution in [2.75, 3.05) is 11.4 Å². The van der Waals surface area contributed by atoms with Crippen molar-refractivity contribution in [3.05, 3.63) is 71.2 Å². The van der Waals surface area contributed by atoms with E-state index in [9.17, 15) is 13.2 Å². The number of hydrogen-bond donors (Lipinski definition) is 0. The van der Waals surface area contributed by atoms with Crippen LogP contribution in [-0.2, 0) is 14.6 Å². The summed E-state index contributed by atoms with van der Waals surface area (Å²) in [6.45, 7) is 5.97. The van der Waals surface area contributed by atoms with Gasteiger partial charge >= 0.3 is 0 Å². The van der Waals surface area contributed by atoms with Crippen molar-refractivity contribution in [2.24, 2.45) is 5.41 Å². The van der Waals surface area contributed by atoms with Crippen LogP contribution >= 0.6 is 0 Å².